The van der Waals surface area contributed by atoms with Gasteiger partial charge in [-0.15, -0.1) is 0 Å². The first-order valence-corrected chi connectivity index (χ1v) is 5.83. The van der Waals surface area contributed by atoms with Crippen molar-refractivity contribution in [3.8, 4) is 0 Å². The monoisotopic (exact) mass is 309 g/mol. The van der Waals surface area contributed by atoms with Gasteiger partial charge in [-0.05, 0) is 0 Å². The maximum Gasteiger partial charge on any atom is 0.406 e. The molecule has 0 aliphatic rings. The normalized spacial score (nSPS) is 11.2. The molecule has 0 aromatic carbocycles. The molecule has 0 aliphatic carbocycles. The van der Waals surface area contributed by atoms with E-state index in [0.717, 1.165) is 0 Å². The minimum absolute atomic E-state index is 0.00315. The van der Waals surface area contributed by atoms with Crippen molar-refractivity contribution in [3.05, 3.63) is 12.2 Å². The van der Waals surface area contributed by atoms with Gasteiger partial charge < -0.3 is 15.3 Å². The first-order valence-electron chi connectivity index (χ1n) is 5.83. The lowest BCUT2D eigenvalue weighted by atomic mass is 10.4. The van der Waals surface area contributed by atoms with Crippen molar-refractivity contribution in [2.24, 2.45) is 7.05 Å². The highest BCUT2D eigenvalue weighted by Crippen LogP contribution is 2.16. The highest BCUT2D eigenvalue weighted by molar-refractivity contribution is 5.80. The minimum Gasteiger partial charge on any atom is -0.480 e. The zero-order chi connectivity index (χ0) is 16.0. The highest BCUT2D eigenvalue weighted by Gasteiger charge is 2.33. The molecule has 0 atom stereocenters. The molecular formula is C10H14F3N5O3. The van der Waals surface area contributed by atoms with Crippen LogP contribution in [0.3, 0.4) is 0 Å². The van der Waals surface area contributed by atoms with E-state index >= 15 is 0 Å². The number of urea groups is 1. The Labute approximate surface area is 117 Å². The number of alkyl halides is 3. The fourth-order valence-electron chi connectivity index (χ4n) is 1.47. The summed E-state index contributed by atoms with van der Waals surface area (Å²) >= 11 is 0. The average molecular weight is 309 g/mol. The topological polar surface area (TPSA) is 100 Å². The molecule has 2 N–H and O–H groups in total. The van der Waals surface area contributed by atoms with E-state index in [4.69, 9.17) is 5.11 Å². The van der Waals surface area contributed by atoms with E-state index < -0.39 is 31.3 Å². The molecule has 0 unspecified atom stereocenters. The summed E-state index contributed by atoms with van der Waals surface area (Å²) in [5, 5.41) is 14.7. The van der Waals surface area contributed by atoms with Gasteiger partial charge in [0.25, 0.3) is 0 Å². The molecule has 1 heterocycles. The van der Waals surface area contributed by atoms with Crippen LogP contribution in [0.1, 0.15) is 5.82 Å². The van der Waals surface area contributed by atoms with Crippen molar-refractivity contribution in [1.29, 1.82) is 0 Å². The largest absolute Gasteiger partial charge is 0.480 e. The molecule has 0 radical (unpaired) electrons. The molecule has 21 heavy (non-hydrogen) atoms. The summed E-state index contributed by atoms with van der Waals surface area (Å²) in [4.78, 5) is 26.1. The second-order valence-electron chi connectivity index (χ2n) is 4.18. The van der Waals surface area contributed by atoms with Crippen LogP contribution in [0.2, 0.25) is 0 Å². The molecule has 0 bridgehead atoms. The number of halogens is 3. The molecule has 11 heteroatoms. The Balaban J connectivity index is 2.49. The number of carbonyl (C=O) groups is 2. The predicted octanol–water partition coefficient (Wildman–Crippen LogP) is 0.0161. The fourth-order valence-corrected chi connectivity index (χ4v) is 1.47. The molecule has 0 spiro atoms. The number of nitrogens with one attached hydrogen (secondary N) is 1. The number of hydrogen-bond donors (Lipinski definition) is 2. The maximum absolute atomic E-state index is 12.3. The van der Waals surface area contributed by atoms with Gasteiger partial charge >= 0.3 is 18.2 Å². The lowest BCUT2D eigenvalue weighted by Gasteiger charge is -2.22. The second-order valence-corrected chi connectivity index (χ2v) is 4.18. The van der Waals surface area contributed by atoms with E-state index in [1.165, 1.54) is 11.0 Å². The van der Waals surface area contributed by atoms with Crippen LogP contribution in [0.25, 0.3) is 0 Å². The van der Waals surface area contributed by atoms with Crippen LogP contribution in [0.15, 0.2) is 6.33 Å². The smallest absolute Gasteiger partial charge is 0.406 e. The first kappa shape index (κ1) is 16.7. The number of aromatic nitrogens is 3. The van der Waals surface area contributed by atoms with Gasteiger partial charge in [0.1, 0.15) is 19.4 Å². The Morgan fingerprint density at radius 1 is 1.48 bits per heavy atom. The molecule has 0 saturated carbocycles. The van der Waals surface area contributed by atoms with Gasteiger partial charge in [-0.1, -0.05) is 0 Å². The lowest BCUT2D eigenvalue weighted by molar-refractivity contribution is -0.148. The van der Waals surface area contributed by atoms with E-state index in [1.807, 2.05) is 0 Å². The van der Waals surface area contributed by atoms with Crippen LogP contribution in [0.5, 0.6) is 0 Å². The molecule has 118 valence electrons. The number of carbonyl (C=O) groups excluding carboxylic acids is 1. The average Bonchev–Trinajstić information content (AvgIpc) is 2.71. The quantitative estimate of drug-likeness (QED) is 0.771. The molecular weight excluding hydrogens is 295 g/mol. The molecule has 1 rings (SSSR count). The minimum atomic E-state index is -4.67. The first-order chi connectivity index (χ1) is 9.67. The summed E-state index contributed by atoms with van der Waals surface area (Å²) in [7, 11) is 1.65. The molecule has 0 saturated heterocycles. The number of hydrogen-bond acceptors (Lipinski definition) is 4. The Morgan fingerprint density at radius 2 is 2.14 bits per heavy atom. The highest BCUT2D eigenvalue weighted by atomic mass is 19.4. The number of rotatable bonds is 6. The van der Waals surface area contributed by atoms with Gasteiger partial charge in [0, 0.05) is 20.0 Å². The molecule has 1 aromatic rings. The molecule has 0 aliphatic heterocycles. The standard InChI is InChI=1S/C10H14F3N5O3/c1-17-6-15-7(16-17)2-3-14-9(21)18(4-8(19)20)5-10(11,12)13/h6H,2-5H2,1H3,(H,14,21)(H,19,20). The number of carboxylic acid groups (broad SMARTS) is 1. The van der Waals surface area contributed by atoms with Crippen LogP contribution in [0.4, 0.5) is 18.0 Å². The van der Waals surface area contributed by atoms with Crippen LogP contribution in [-0.4, -0.2) is 62.6 Å². The molecule has 0 fully saturated rings. The van der Waals surface area contributed by atoms with Crippen molar-refractivity contribution in [1.82, 2.24) is 25.0 Å². The van der Waals surface area contributed by atoms with Crippen LogP contribution in [-0.2, 0) is 18.3 Å². The summed E-state index contributed by atoms with van der Waals surface area (Å²) in [5.74, 6) is -1.11. The van der Waals surface area contributed by atoms with Gasteiger partial charge in [-0.3, -0.25) is 9.48 Å². The third kappa shape index (κ3) is 6.58. The summed E-state index contributed by atoms with van der Waals surface area (Å²) in [5.41, 5.74) is 0. The zero-order valence-electron chi connectivity index (χ0n) is 11.1. The SMILES string of the molecule is Cn1cnc(CCNC(=O)N(CC(=O)O)CC(F)(F)F)n1. The van der Waals surface area contributed by atoms with Crippen LogP contribution >= 0.6 is 0 Å². The number of carboxylic acids is 1. The van der Waals surface area contributed by atoms with E-state index in [-0.39, 0.29) is 17.9 Å². The Hall–Kier alpha value is -2.33. The summed E-state index contributed by atoms with van der Waals surface area (Å²) in [6.45, 7) is -2.67. The van der Waals surface area contributed by atoms with Crippen LogP contribution < -0.4 is 5.32 Å². The Morgan fingerprint density at radius 3 is 2.62 bits per heavy atom. The summed E-state index contributed by atoms with van der Waals surface area (Å²) in [6.07, 6.45) is -3.01. The van der Waals surface area contributed by atoms with Crippen LogP contribution in [0, 0.1) is 0 Å². The lowest BCUT2D eigenvalue weighted by Crippen LogP contribution is -2.47. The predicted molar refractivity (Wildman–Crippen MR) is 63.4 cm³/mol. The molecule has 8 nitrogen and oxygen atoms in total. The number of aliphatic carboxylic acids is 1. The summed E-state index contributed by atoms with van der Waals surface area (Å²) < 4.78 is 38.2. The molecule has 1 aromatic heterocycles. The van der Waals surface area contributed by atoms with Crippen molar-refractivity contribution < 1.29 is 27.9 Å². The molecule has 2 amide bonds. The van der Waals surface area contributed by atoms with E-state index in [1.54, 1.807) is 7.05 Å². The number of nitrogens with zero attached hydrogens (tertiary/aromatic N) is 4. The third-order valence-corrected chi connectivity index (χ3v) is 2.26. The van der Waals surface area contributed by atoms with Gasteiger partial charge in [0.15, 0.2) is 5.82 Å². The van der Waals surface area contributed by atoms with Crippen molar-refractivity contribution in [2.45, 2.75) is 12.6 Å². The van der Waals surface area contributed by atoms with E-state index in [2.05, 4.69) is 15.4 Å². The van der Waals surface area contributed by atoms with E-state index in [0.29, 0.717) is 5.82 Å². The Kier molecular flexibility index (Phi) is 5.50. The van der Waals surface area contributed by atoms with E-state index in [9.17, 15) is 22.8 Å². The third-order valence-electron chi connectivity index (χ3n) is 2.26. The summed E-state index contributed by atoms with van der Waals surface area (Å²) in [6, 6.07) is -1.11. The zero-order valence-corrected chi connectivity index (χ0v) is 11.1. The van der Waals surface area contributed by atoms with Gasteiger partial charge in [-0.2, -0.15) is 18.3 Å². The van der Waals surface area contributed by atoms with Gasteiger partial charge in [0.05, 0.1) is 0 Å². The van der Waals surface area contributed by atoms with Crippen molar-refractivity contribution in [2.75, 3.05) is 19.6 Å². The number of amides is 2. The maximum atomic E-state index is 12.3. The van der Waals surface area contributed by atoms with Crippen molar-refractivity contribution >= 4 is 12.0 Å². The Bertz CT molecular complexity index is 502. The number of aryl methyl sites for hydroxylation is 1. The fraction of sp³-hybridized carbons (Fsp3) is 0.600. The second kappa shape index (κ2) is 6.90. The van der Waals surface area contributed by atoms with Gasteiger partial charge in [-0.25, -0.2) is 9.78 Å². The van der Waals surface area contributed by atoms with Gasteiger partial charge in [0.2, 0.25) is 0 Å². The van der Waals surface area contributed by atoms with Crippen molar-refractivity contribution in [3.63, 3.8) is 0 Å².